The molecule has 0 aromatic heterocycles. The fourth-order valence-electron chi connectivity index (χ4n) is 2.31. The van der Waals surface area contributed by atoms with E-state index in [0.29, 0.717) is 24.2 Å². The van der Waals surface area contributed by atoms with Crippen LogP contribution in [0.3, 0.4) is 0 Å². The number of hydrogen-bond donors (Lipinski definition) is 1. The molecule has 0 spiro atoms. The number of fused-ring (bicyclic) bond motifs is 1. The van der Waals surface area contributed by atoms with Crippen LogP contribution in [0.5, 0.6) is 0 Å². The topological polar surface area (TPSA) is 57.6 Å². The van der Waals surface area contributed by atoms with E-state index in [-0.39, 0.29) is 11.7 Å². The summed E-state index contributed by atoms with van der Waals surface area (Å²) in [5, 5.41) is 9.91. The maximum absolute atomic E-state index is 12.3. The van der Waals surface area contributed by atoms with Crippen molar-refractivity contribution in [2.45, 2.75) is 26.4 Å². The van der Waals surface area contributed by atoms with Crippen LogP contribution in [0.15, 0.2) is 24.3 Å². The van der Waals surface area contributed by atoms with Gasteiger partial charge in [-0.25, -0.2) is 8.42 Å². The monoisotopic (exact) mass is 269 g/mol. The quantitative estimate of drug-likeness (QED) is 0.912. The second-order valence-corrected chi connectivity index (χ2v) is 7.05. The van der Waals surface area contributed by atoms with E-state index in [4.69, 9.17) is 0 Å². The van der Waals surface area contributed by atoms with Gasteiger partial charge in [-0.05, 0) is 18.4 Å². The third-order valence-corrected chi connectivity index (χ3v) is 5.19. The summed E-state index contributed by atoms with van der Waals surface area (Å²) in [6.45, 7) is 4.14. The Labute approximate surface area is 108 Å². The highest BCUT2D eigenvalue weighted by atomic mass is 32.2. The number of rotatable bonds is 3. The minimum absolute atomic E-state index is 0.0917. The van der Waals surface area contributed by atoms with Gasteiger partial charge in [0, 0.05) is 12.1 Å². The van der Waals surface area contributed by atoms with Crippen molar-refractivity contribution in [2.75, 3.05) is 16.6 Å². The number of para-hydroxylation sites is 1. The molecule has 1 unspecified atom stereocenters. The summed E-state index contributed by atoms with van der Waals surface area (Å²) < 4.78 is 26.1. The van der Waals surface area contributed by atoms with Gasteiger partial charge in [0.05, 0.1) is 17.5 Å². The van der Waals surface area contributed by atoms with E-state index in [1.165, 1.54) is 4.31 Å². The van der Waals surface area contributed by atoms with Crippen LogP contribution in [0, 0.1) is 5.92 Å². The predicted molar refractivity (Wildman–Crippen MR) is 72.0 cm³/mol. The summed E-state index contributed by atoms with van der Waals surface area (Å²) in [5.41, 5.74) is 1.33. The maximum Gasteiger partial charge on any atom is 0.235 e. The fraction of sp³-hybridized carbons (Fsp3) is 0.538. The largest absolute Gasteiger partial charge is 0.388 e. The van der Waals surface area contributed by atoms with Crippen LogP contribution in [0.1, 0.15) is 31.9 Å². The number of anilines is 1. The van der Waals surface area contributed by atoms with Gasteiger partial charge in [-0.1, -0.05) is 32.0 Å². The molecule has 0 aliphatic carbocycles. The molecule has 0 amide bonds. The minimum atomic E-state index is -3.30. The lowest BCUT2D eigenvalue weighted by Crippen LogP contribution is -2.39. The normalized spacial score (nSPS) is 20.0. The van der Waals surface area contributed by atoms with Gasteiger partial charge < -0.3 is 5.11 Å². The lowest BCUT2D eigenvalue weighted by Gasteiger charge is -2.33. The summed E-state index contributed by atoms with van der Waals surface area (Å²) in [5.74, 6) is 0.228. The van der Waals surface area contributed by atoms with Crippen molar-refractivity contribution in [3.63, 3.8) is 0 Å². The van der Waals surface area contributed by atoms with Crippen molar-refractivity contribution < 1.29 is 13.5 Å². The van der Waals surface area contributed by atoms with Gasteiger partial charge in [0.1, 0.15) is 0 Å². The molecule has 1 heterocycles. The van der Waals surface area contributed by atoms with Gasteiger partial charge >= 0.3 is 0 Å². The van der Waals surface area contributed by atoms with Crippen LogP contribution in [0.25, 0.3) is 0 Å². The van der Waals surface area contributed by atoms with Gasteiger partial charge in [0.25, 0.3) is 0 Å². The molecule has 0 bridgehead atoms. The van der Waals surface area contributed by atoms with E-state index in [0.717, 1.165) is 0 Å². The molecule has 0 saturated carbocycles. The van der Waals surface area contributed by atoms with E-state index >= 15 is 0 Å². The number of benzene rings is 1. The van der Waals surface area contributed by atoms with Crippen molar-refractivity contribution in [3.05, 3.63) is 29.8 Å². The first-order valence-corrected chi connectivity index (χ1v) is 7.80. The minimum Gasteiger partial charge on any atom is -0.388 e. The first-order valence-electron chi connectivity index (χ1n) is 6.19. The highest BCUT2D eigenvalue weighted by Crippen LogP contribution is 2.35. The summed E-state index contributed by atoms with van der Waals surface area (Å²) in [7, 11) is -3.30. The Morgan fingerprint density at radius 2 is 2.06 bits per heavy atom. The van der Waals surface area contributed by atoms with E-state index in [2.05, 4.69) is 0 Å². The third kappa shape index (κ3) is 2.52. The van der Waals surface area contributed by atoms with Crippen LogP contribution >= 0.6 is 0 Å². The second kappa shape index (κ2) is 4.90. The average Bonchev–Trinajstić information content (AvgIpc) is 2.27. The Morgan fingerprint density at radius 1 is 1.39 bits per heavy atom. The van der Waals surface area contributed by atoms with Crippen LogP contribution in [-0.2, 0) is 10.0 Å². The zero-order valence-corrected chi connectivity index (χ0v) is 11.5. The first-order chi connectivity index (χ1) is 8.42. The maximum atomic E-state index is 12.3. The molecule has 1 atom stereocenters. The highest BCUT2D eigenvalue weighted by molar-refractivity contribution is 7.92. The van der Waals surface area contributed by atoms with Crippen LogP contribution in [-0.4, -0.2) is 25.8 Å². The average molecular weight is 269 g/mol. The second-order valence-electron chi connectivity index (χ2n) is 5.11. The molecule has 4 nitrogen and oxygen atoms in total. The summed E-state index contributed by atoms with van der Waals surface area (Å²) in [4.78, 5) is 0. The Kier molecular flexibility index (Phi) is 3.64. The number of sulfonamides is 1. The SMILES string of the molecule is CC(C)CS(=O)(=O)N1CCC(O)c2ccccc21. The molecular formula is C13H19NO3S. The molecule has 100 valence electrons. The van der Waals surface area contributed by atoms with E-state index < -0.39 is 16.1 Å². The fourth-order valence-corrected chi connectivity index (χ4v) is 4.18. The molecular weight excluding hydrogens is 250 g/mol. The molecule has 0 radical (unpaired) electrons. The van der Waals surface area contributed by atoms with E-state index in [1.807, 2.05) is 19.9 Å². The van der Waals surface area contributed by atoms with Gasteiger partial charge in [-0.3, -0.25) is 4.31 Å². The molecule has 1 N–H and O–H groups in total. The molecule has 1 aliphatic heterocycles. The third-order valence-electron chi connectivity index (χ3n) is 3.05. The Hall–Kier alpha value is -1.07. The van der Waals surface area contributed by atoms with Crippen molar-refractivity contribution in [1.82, 2.24) is 0 Å². The number of aliphatic hydroxyl groups is 1. The van der Waals surface area contributed by atoms with Gasteiger partial charge in [-0.2, -0.15) is 0 Å². The molecule has 1 aromatic carbocycles. The molecule has 0 saturated heterocycles. The number of aliphatic hydroxyl groups excluding tert-OH is 1. The molecule has 2 rings (SSSR count). The molecule has 0 fully saturated rings. The lowest BCUT2D eigenvalue weighted by atomic mass is 10.0. The van der Waals surface area contributed by atoms with Crippen molar-refractivity contribution in [1.29, 1.82) is 0 Å². The molecule has 1 aromatic rings. The molecule has 18 heavy (non-hydrogen) atoms. The smallest absolute Gasteiger partial charge is 0.235 e. The van der Waals surface area contributed by atoms with Gasteiger partial charge in [0.15, 0.2) is 0 Å². The Morgan fingerprint density at radius 3 is 2.72 bits per heavy atom. The number of nitrogens with zero attached hydrogens (tertiary/aromatic N) is 1. The van der Waals surface area contributed by atoms with Crippen molar-refractivity contribution in [3.8, 4) is 0 Å². The summed E-state index contributed by atoms with van der Waals surface area (Å²) >= 11 is 0. The Bertz CT molecular complexity index is 525. The number of hydrogen-bond acceptors (Lipinski definition) is 3. The highest BCUT2D eigenvalue weighted by Gasteiger charge is 2.31. The lowest BCUT2D eigenvalue weighted by molar-refractivity contribution is 0.166. The van der Waals surface area contributed by atoms with E-state index in [9.17, 15) is 13.5 Å². The van der Waals surface area contributed by atoms with Crippen molar-refractivity contribution >= 4 is 15.7 Å². The van der Waals surface area contributed by atoms with Crippen LogP contribution in [0.2, 0.25) is 0 Å². The van der Waals surface area contributed by atoms with Crippen LogP contribution in [0.4, 0.5) is 5.69 Å². The summed E-state index contributed by atoms with van der Waals surface area (Å²) in [6, 6.07) is 7.17. The standard InChI is InChI=1S/C13H19NO3S/c1-10(2)9-18(16,17)14-8-7-13(15)11-5-3-4-6-12(11)14/h3-6,10,13,15H,7-9H2,1-2H3. The zero-order chi connectivity index (χ0) is 13.3. The Balaban J connectivity index is 2.40. The van der Waals surface area contributed by atoms with Crippen molar-refractivity contribution in [2.24, 2.45) is 5.92 Å². The first kappa shape index (κ1) is 13.4. The molecule has 1 aliphatic rings. The molecule has 5 heteroatoms. The van der Waals surface area contributed by atoms with Gasteiger partial charge in [0.2, 0.25) is 10.0 Å². The van der Waals surface area contributed by atoms with Crippen LogP contribution < -0.4 is 4.31 Å². The zero-order valence-electron chi connectivity index (χ0n) is 10.7. The van der Waals surface area contributed by atoms with Gasteiger partial charge in [-0.15, -0.1) is 0 Å². The van der Waals surface area contributed by atoms with E-state index in [1.54, 1.807) is 18.2 Å². The predicted octanol–water partition coefficient (Wildman–Crippen LogP) is 1.92. The summed E-state index contributed by atoms with van der Waals surface area (Å²) in [6.07, 6.45) is -0.111.